The van der Waals surface area contributed by atoms with Crippen LogP contribution in [0.25, 0.3) is 0 Å². The summed E-state index contributed by atoms with van der Waals surface area (Å²) in [4.78, 5) is 24.3. The first-order chi connectivity index (χ1) is 10.4. The van der Waals surface area contributed by atoms with Crippen molar-refractivity contribution in [2.24, 2.45) is 28.6 Å². The van der Waals surface area contributed by atoms with E-state index in [1.54, 1.807) is 5.57 Å². The zero-order chi connectivity index (χ0) is 15.7. The van der Waals surface area contributed by atoms with Gasteiger partial charge in [-0.2, -0.15) is 0 Å². The number of carbonyl (C=O) groups is 2. The van der Waals surface area contributed by atoms with E-state index >= 15 is 0 Å². The van der Waals surface area contributed by atoms with E-state index in [1.807, 2.05) is 6.08 Å². The fourth-order valence-corrected chi connectivity index (χ4v) is 6.05. The molecule has 0 bridgehead atoms. The molecule has 5 atom stereocenters. The summed E-state index contributed by atoms with van der Waals surface area (Å²) in [6.07, 6.45) is 9.84. The molecule has 4 rings (SSSR count). The number of carbonyl (C=O) groups excluding carboxylic acids is 2. The second kappa shape index (κ2) is 4.43. The van der Waals surface area contributed by atoms with E-state index < -0.39 is 0 Å². The summed E-state index contributed by atoms with van der Waals surface area (Å²) < 4.78 is 0. The van der Waals surface area contributed by atoms with Crippen molar-refractivity contribution in [2.45, 2.75) is 59.3 Å². The van der Waals surface area contributed by atoms with Gasteiger partial charge in [0.25, 0.3) is 0 Å². The van der Waals surface area contributed by atoms with Gasteiger partial charge in [-0.05, 0) is 49.5 Å². The Morgan fingerprint density at radius 3 is 2.68 bits per heavy atom. The van der Waals surface area contributed by atoms with E-state index in [4.69, 9.17) is 0 Å². The lowest BCUT2D eigenvalue weighted by molar-refractivity contribution is -0.127. The first kappa shape index (κ1) is 14.4. The molecule has 2 saturated carbocycles. The van der Waals surface area contributed by atoms with Crippen molar-refractivity contribution in [3.8, 4) is 0 Å². The Morgan fingerprint density at radius 2 is 1.91 bits per heavy atom. The molecule has 0 heterocycles. The second-order valence-corrected chi connectivity index (χ2v) is 8.49. The molecule has 22 heavy (non-hydrogen) atoms. The normalized spacial score (nSPS) is 47.3. The molecule has 4 aliphatic carbocycles. The molecule has 0 aliphatic heterocycles. The van der Waals surface area contributed by atoms with Gasteiger partial charge in [0.05, 0.1) is 0 Å². The quantitative estimate of drug-likeness (QED) is 0.626. The summed E-state index contributed by atoms with van der Waals surface area (Å²) in [5, 5.41) is 0. The third-order valence-electron chi connectivity index (χ3n) is 7.37. The Bertz CT molecular complexity index is 626. The molecule has 118 valence electrons. The van der Waals surface area contributed by atoms with E-state index in [0.29, 0.717) is 35.7 Å². The maximum Gasteiger partial charge on any atom is 0.155 e. The topological polar surface area (TPSA) is 34.1 Å². The Hall–Kier alpha value is -1.18. The maximum atomic E-state index is 12.4. The molecule has 0 spiro atoms. The van der Waals surface area contributed by atoms with Crippen LogP contribution in [-0.4, -0.2) is 11.6 Å². The largest absolute Gasteiger partial charge is 0.299 e. The van der Waals surface area contributed by atoms with Crippen LogP contribution in [0.4, 0.5) is 0 Å². The summed E-state index contributed by atoms with van der Waals surface area (Å²) in [6.45, 7) is 6.82. The van der Waals surface area contributed by atoms with Crippen LogP contribution in [0, 0.1) is 28.6 Å². The van der Waals surface area contributed by atoms with E-state index in [-0.39, 0.29) is 10.8 Å². The molecule has 0 radical (unpaired) electrons. The molecule has 0 aromatic rings. The van der Waals surface area contributed by atoms with E-state index in [1.165, 1.54) is 5.57 Å². The van der Waals surface area contributed by atoms with E-state index in [2.05, 4.69) is 26.8 Å². The van der Waals surface area contributed by atoms with E-state index in [0.717, 1.165) is 32.1 Å². The van der Waals surface area contributed by atoms with Crippen molar-refractivity contribution < 1.29 is 9.59 Å². The number of hydrogen-bond donors (Lipinski definition) is 0. The van der Waals surface area contributed by atoms with Crippen LogP contribution >= 0.6 is 0 Å². The smallest absolute Gasteiger partial charge is 0.155 e. The summed E-state index contributed by atoms with van der Waals surface area (Å²) in [5.41, 5.74) is 2.87. The molecule has 4 aliphatic rings. The predicted molar refractivity (Wildman–Crippen MR) is 86.2 cm³/mol. The Labute approximate surface area is 133 Å². The minimum Gasteiger partial charge on any atom is -0.299 e. The molecule has 0 aromatic carbocycles. The standard InChI is InChI=1S/C20H26O2/c1-12-10-14-15-4-5-18(22)20(15,3)9-7-16(14)19(2)8-6-13(21)11-17(12)19/h7,11-12,14-15H,4-6,8-10H2,1-3H3/t12?,14-,15-,19+,20-/m0/s1. The lowest BCUT2D eigenvalue weighted by Gasteiger charge is -2.54. The van der Waals surface area contributed by atoms with Gasteiger partial charge in [0.15, 0.2) is 5.78 Å². The first-order valence-corrected chi connectivity index (χ1v) is 8.85. The Balaban J connectivity index is 1.82. The second-order valence-electron chi connectivity index (χ2n) is 8.49. The van der Waals surface area contributed by atoms with Crippen molar-refractivity contribution in [1.82, 2.24) is 0 Å². The fraction of sp³-hybridized carbons (Fsp3) is 0.700. The SMILES string of the molecule is CC1C[C@@H]2C(=CC[C@]3(C)C(=O)CC[C@@H]23)[C@@]2(C)CCC(=O)C=C12. The third kappa shape index (κ3) is 1.67. The van der Waals surface area contributed by atoms with Crippen molar-refractivity contribution in [3.05, 3.63) is 23.3 Å². The van der Waals surface area contributed by atoms with Gasteiger partial charge in [-0.3, -0.25) is 9.59 Å². The predicted octanol–water partition coefficient (Wildman–Crippen LogP) is 4.25. The summed E-state index contributed by atoms with van der Waals surface area (Å²) in [7, 11) is 0. The van der Waals surface area contributed by atoms with Crippen LogP contribution < -0.4 is 0 Å². The van der Waals surface area contributed by atoms with Gasteiger partial charge in [-0.15, -0.1) is 0 Å². The Kier molecular flexibility index (Phi) is 2.90. The molecule has 0 N–H and O–H groups in total. The van der Waals surface area contributed by atoms with Crippen molar-refractivity contribution in [1.29, 1.82) is 0 Å². The Morgan fingerprint density at radius 1 is 1.14 bits per heavy atom. The molecule has 2 heteroatoms. The molecule has 0 amide bonds. The number of Topliss-reactive ketones (excluding diaryl/α,β-unsaturated/α-hetero) is 1. The lowest BCUT2D eigenvalue weighted by Crippen LogP contribution is -2.46. The number of hydrogen-bond acceptors (Lipinski definition) is 2. The maximum absolute atomic E-state index is 12.4. The van der Waals surface area contributed by atoms with Crippen molar-refractivity contribution >= 4 is 11.6 Å². The van der Waals surface area contributed by atoms with Crippen LogP contribution in [0.15, 0.2) is 23.3 Å². The molecule has 1 unspecified atom stereocenters. The average molecular weight is 298 g/mol. The van der Waals surface area contributed by atoms with Gasteiger partial charge in [0, 0.05) is 23.7 Å². The summed E-state index contributed by atoms with van der Waals surface area (Å²) in [6, 6.07) is 0. The summed E-state index contributed by atoms with van der Waals surface area (Å²) in [5.74, 6) is 2.32. The highest BCUT2D eigenvalue weighted by atomic mass is 16.1. The van der Waals surface area contributed by atoms with Gasteiger partial charge in [-0.1, -0.05) is 38.0 Å². The number of ketones is 2. The van der Waals surface area contributed by atoms with Gasteiger partial charge in [0.2, 0.25) is 0 Å². The zero-order valence-corrected chi connectivity index (χ0v) is 13.9. The summed E-state index contributed by atoms with van der Waals surface area (Å²) >= 11 is 0. The van der Waals surface area contributed by atoms with Crippen LogP contribution in [0.1, 0.15) is 59.3 Å². The third-order valence-corrected chi connectivity index (χ3v) is 7.37. The minimum absolute atomic E-state index is 0.0726. The fourth-order valence-electron chi connectivity index (χ4n) is 6.05. The number of allylic oxidation sites excluding steroid dienone is 4. The molecule has 2 nitrogen and oxygen atoms in total. The van der Waals surface area contributed by atoms with E-state index in [9.17, 15) is 9.59 Å². The lowest BCUT2D eigenvalue weighted by atomic mass is 9.50. The number of rotatable bonds is 0. The first-order valence-electron chi connectivity index (χ1n) is 8.85. The van der Waals surface area contributed by atoms with Crippen LogP contribution in [0.5, 0.6) is 0 Å². The molecular formula is C20H26O2. The number of fused-ring (bicyclic) bond motifs is 5. The highest BCUT2D eigenvalue weighted by Crippen LogP contribution is 2.63. The highest BCUT2D eigenvalue weighted by Gasteiger charge is 2.56. The van der Waals surface area contributed by atoms with Gasteiger partial charge >= 0.3 is 0 Å². The van der Waals surface area contributed by atoms with Crippen LogP contribution in [0.2, 0.25) is 0 Å². The molecular weight excluding hydrogens is 272 g/mol. The minimum atomic E-state index is -0.115. The van der Waals surface area contributed by atoms with Crippen molar-refractivity contribution in [3.63, 3.8) is 0 Å². The molecule has 0 saturated heterocycles. The van der Waals surface area contributed by atoms with Gasteiger partial charge < -0.3 is 0 Å². The van der Waals surface area contributed by atoms with Crippen LogP contribution in [-0.2, 0) is 9.59 Å². The molecule has 0 aromatic heterocycles. The van der Waals surface area contributed by atoms with Gasteiger partial charge in [0.1, 0.15) is 5.78 Å². The average Bonchev–Trinajstić information content (AvgIpc) is 2.77. The zero-order valence-electron chi connectivity index (χ0n) is 13.9. The highest BCUT2D eigenvalue weighted by molar-refractivity contribution is 5.92. The monoisotopic (exact) mass is 298 g/mol. The van der Waals surface area contributed by atoms with Crippen LogP contribution in [0.3, 0.4) is 0 Å². The molecule has 2 fully saturated rings. The van der Waals surface area contributed by atoms with Gasteiger partial charge in [-0.25, -0.2) is 0 Å². The van der Waals surface area contributed by atoms with Crippen molar-refractivity contribution in [2.75, 3.05) is 0 Å².